The highest BCUT2D eigenvalue weighted by Crippen LogP contribution is 2.16. The Balaban J connectivity index is 1.73. The number of hydrogen-bond donors (Lipinski definition) is 2. The lowest BCUT2D eigenvalue weighted by atomic mass is 10.0. The number of aryl methyl sites for hydroxylation is 1. The van der Waals surface area contributed by atoms with Crippen LogP contribution in [0.5, 0.6) is 0 Å². The number of benzene rings is 2. The Morgan fingerprint density at radius 3 is 2.54 bits per heavy atom. The molecule has 1 amide bonds. The van der Waals surface area contributed by atoms with Crippen molar-refractivity contribution in [3.8, 4) is 0 Å². The molecule has 1 aromatic heterocycles. The minimum absolute atomic E-state index is 0.0198. The van der Waals surface area contributed by atoms with Crippen molar-refractivity contribution in [1.29, 1.82) is 0 Å². The molecule has 0 aliphatic carbocycles. The van der Waals surface area contributed by atoms with Crippen molar-refractivity contribution in [2.45, 2.75) is 45.2 Å². The molecule has 1 heterocycles. The maximum absolute atomic E-state index is 12.8. The van der Waals surface area contributed by atoms with Gasteiger partial charge in [0.25, 0.3) is 0 Å². The van der Waals surface area contributed by atoms with E-state index in [0.717, 1.165) is 28.8 Å². The number of imidazole rings is 1. The molecule has 0 bridgehead atoms. The third kappa shape index (κ3) is 4.97. The molecule has 2 N–H and O–H groups in total. The molecular weight excluding hydrogens is 354 g/mol. The van der Waals surface area contributed by atoms with Gasteiger partial charge in [-0.15, -0.1) is 0 Å². The first-order valence-electron chi connectivity index (χ1n) is 9.56. The fourth-order valence-corrected chi connectivity index (χ4v) is 3.41. The summed E-state index contributed by atoms with van der Waals surface area (Å²) in [5.41, 5.74) is 2.87. The number of carboxylic acid groups (broad SMARTS) is 1. The highest BCUT2D eigenvalue weighted by molar-refractivity contribution is 5.81. The van der Waals surface area contributed by atoms with Crippen LogP contribution < -0.4 is 5.32 Å². The molecule has 0 saturated heterocycles. The third-order valence-electron chi connectivity index (χ3n) is 4.75. The number of nitrogens with one attached hydrogen (secondary N) is 1. The first-order valence-corrected chi connectivity index (χ1v) is 9.56. The van der Waals surface area contributed by atoms with Gasteiger partial charge in [0, 0.05) is 18.9 Å². The standard InChI is InChI=1S/C22H25N3O3/c1-2-20-24-18-10-6-7-11-19(18)25(20)15-21(26)23-17(12-13-22(27)28)14-16-8-4-3-5-9-16/h3-11,17H,2,12-15H2,1H3,(H,23,26)(H,27,28). The van der Waals surface area contributed by atoms with E-state index >= 15 is 0 Å². The topological polar surface area (TPSA) is 84.2 Å². The second-order valence-electron chi connectivity index (χ2n) is 6.84. The number of aromatic nitrogens is 2. The molecule has 0 spiro atoms. The summed E-state index contributed by atoms with van der Waals surface area (Å²) < 4.78 is 1.93. The SMILES string of the molecule is CCc1nc2ccccc2n1CC(=O)NC(CCC(=O)O)Cc1ccccc1. The van der Waals surface area contributed by atoms with Gasteiger partial charge in [0.15, 0.2) is 0 Å². The number of fused-ring (bicyclic) bond motifs is 1. The summed E-state index contributed by atoms with van der Waals surface area (Å²) in [6.07, 6.45) is 1.74. The summed E-state index contributed by atoms with van der Waals surface area (Å²) in [7, 11) is 0. The summed E-state index contributed by atoms with van der Waals surface area (Å²) in [6.45, 7) is 2.18. The van der Waals surface area contributed by atoms with Gasteiger partial charge in [0.05, 0.1) is 11.0 Å². The van der Waals surface area contributed by atoms with E-state index in [0.29, 0.717) is 12.8 Å². The minimum Gasteiger partial charge on any atom is -0.481 e. The van der Waals surface area contributed by atoms with Crippen LogP contribution in [-0.4, -0.2) is 32.6 Å². The number of aliphatic carboxylic acids is 1. The molecule has 0 fully saturated rings. The predicted octanol–water partition coefficient (Wildman–Crippen LogP) is 3.19. The second kappa shape index (κ2) is 9.17. The largest absolute Gasteiger partial charge is 0.481 e. The van der Waals surface area contributed by atoms with Crippen LogP contribution in [0.4, 0.5) is 0 Å². The molecule has 6 heteroatoms. The molecule has 2 aromatic carbocycles. The van der Waals surface area contributed by atoms with E-state index in [9.17, 15) is 9.59 Å². The molecule has 0 aliphatic rings. The van der Waals surface area contributed by atoms with Gasteiger partial charge in [-0.1, -0.05) is 49.4 Å². The molecular formula is C22H25N3O3. The summed E-state index contributed by atoms with van der Waals surface area (Å²) >= 11 is 0. The number of nitrogens with zero attached hydrogens (tertiary/aromatic N) is 2. The number of rotatable bonds is 9. The third-order valence-corrected chi connectivity index (χ3v) is 4.75. The van der Waals surface area contributed by atoms with Crippen molar-refractivity contribution in [2.24, 2.45) is 0 Å². The monoisotopic (exact) mass is 379 g/mol. The van der Waals surface area contributed by atoms with Crippen molar-refractivity contribution < 1.29 is 14.7 Å². The highest BCUT2D eigenvalue weighted by atomic mass is 16.4. The van der Waals surface area contributed by atoms with Crippen molar-refractivity contribution in [2.75, 3.05) is 0 Å². The first-order chi connectivity index (χ1) is 13.6. The van der Waals surface area contributed by atoms with E-state index in [4.69, 9.17) is 5.11 Å². The van der Waals surface area contributed by atoms with Gasteiger partial charge in [-0.05, 0) is 30.5 Å². The molecule has 0 radical (unpaired) electrons. The zero-order valence-electron chi connectivity index (χ0n) is 16.0. The van der Waals surface area contributed by atoms with E-state index in [1.807, 2.05) is 66.1 Å². The number of para-hydroxylation sites is 2. The number of carboxylic acids is 1. The van der Waals surface area contributed by atoms with Crippen molar-refractivity contribution in [1.82, 2.24) is 14.9 Å². The van der Waals surface area contributed by atoms with Crippen LogP contribution in [0.25, 0.3) is 11.0 Å². The molecule has 28 heavy (non-hydrogen) atoms. The summed E-state index contributed by atoms with van der Waals surface area (Å²) in [6, 6.07) is 17.3. The summed E-state index contributed by atoms with van der Waals surface area (Å²) in [5, 5.41) is 12.1. The van der Waals surface area contributed by atoms with Crippen molar-refractivity contribution in [3.63, 3.8) is 0 Å². The van der Waals surface area contributed by atoms with E-state index in [2.05, 4.69) is 10.3 Å². The zero-order valence-corrected chi connectivity index (χ0v) is 16.0. The summed E-state index contributed by atoms with van der Waals surface area (Å²) in [4.78, 5) is 28.4. The Kier molecular flexibility index (Phi) is 6.42. The Morgan fingerprint density at radius 2 is 1.82 bits per heavy atom. The number of amides is 1. The maximum atomic E-state index is 12.8. The Morgan fingerprint density at radius 1 is 1.11 bits per heavy atom. The molecule has 146 valence electrons. The normalized spacial score (nSPS) is 12.0. The van der Waals surface area contributed by atoms with Gasteiger partial charge in [-0.3, -0.25) is 9.59 Å². The van der Waals surface area contributed by atoms with Crippen LogP contribution in [0.1, 0.15) is 31.2 Å². The number of carbonyl (C=O) groups excluding carboxylic acids is 1. The van der Waals surface area contributed by atoms with E-state index in [1.54, 1.807) is 0 Å². The van der Waals surface area contributed by atoms with Crippen LogP contribution in [0.15, 0.2) is 54.6 Å². The van der Waals surface area contributed by atoms with E-state index < -0.39 is 5.97 Å². The molecule has 3 rings (SSSR count). The predicted molar refractivity (Wildman–Crippen MR) is 108 cm³/mol. The van der Waals surface area contributed by atoms with Crippen molar-refractivity contribution >= 4 is 22.9 Å². The maximum Gasteiger partial charge on any atom is 0.303 e. The van der Waals surface area contributed by atoms with Crippen LogP contribution in [0, 0.1) is 0 Å². The minimum atomic E-state index is -0.860. The van der Waals surface area contributed by atoms with E-state index in [1.165, 1.54) is 0 Å². The van der Waals surface area contributed by atoms with Crippen LogP contribution >= 0.6 is 0 Å². The molecule has 0 aliphatic heterocycles. The molecule has 0 saturated carbocycles. The van der Waals surface area contributed by atoms with E-state index in [-0.39, 0.29) is 24.9 Å². The van der Waals surface area contributed by atoms with Gasteiger partial charge in [0.2, 0.25) is 5.91 Å². The fraction of sp³-hybridized carbons (Fsp3) is 0.318. The number of hydrogen-bond acceptors (Lipinski definition) is 3. The second-order valence-corrected chi connectivity index (χ2v) is 6.84. The molecule has 1 unspecified atom stereocenters. The Hall–Kier alpha value is -3.15. The fourth-order valence-electron chi connectivity index (χ4n) is 3.41. The highest BCUT2D eigenvalue weighted by Gasteiger charge is 2.17. The van der Waals surface area contributed by atoms with Crippen LogP contribution in [-0.2, 0) is 29.0 Å². The lowest BCUT2D eigenvalue weighted by Crippen LogP contribution is -2.39. The zero-order chi connectivity index (χ0) is 19.9. The lowest BCUT2D eigenvalue weighted by Gasteiger charge is -2.19. The summed E-state index contributed by atoms with van der Waals surface area (Å²) in [5.74, 6) is -0.133. The van der Waals surface area contributed by atoms with Gasteiger partial charge in [0.1, 0.15) is 12.4 Å². The van der Waals surface area contributed by atoms with Gasteiger partial charge >= 0.3 is 5.97 Å². The van der Waals surface area contributed by atoms with Crippen LogP contribution in [0.3, 0.4) is 0 Å². The number of carbonyl (C=O) groups is 2. The lowest BCUT2D eigenvalue weighted by molar-refractivity contribution is -0.137. The van der Waals surface area contributed by atoms with Gasteiger partial charge in [-0.2, -0.15) is 0 Å². The quantitative estimate of drug-likeness (QED) is 0.598. The van der Waals surface area contributed by atoms with Gasteiger partial charge < -0.3 is 15.0 Å². The van der Waals surface area contributed by atoms with Crippen molar-refractivity contribution in [3.05, 3.63) is 66.0 Å². The first kappa shape index (κ1) is 19.6. The van der Waals surface area contributed by atoms with Gasteiger partial charge in [-0.25, -0.2) is 4.98 Å². The average Bonchev–Trinajstić information content (AvgIpc) is 3.04. The Bertz CT molecular complexity index is 950. The Labute approximate surface area is 164 Å². The van der Waals surface area contributed by atoms with Crippen LogP contribution in [0.2, 0.25) is 0 Å². The smallest absolute Gasteiger partial charge is 0.303 e. The molecule has 1 atom stereocenters. The average molecular weight is 379 g/mol. The molecule has 6 nitrogen and oxygen atoms in total. The molecule has 3 aromatic rings.